The second-order valence-corrected chi connectivity index (χ2v) is 9.13. The van der Waals surface area contributed by atoms with Crippen LogP contribution in [0.1, 0.15) is 69.3 Å². The fraction of sp³-hybridized carbons (Fsp3) is 0.625. The van der Waals surface area contributed by atoms with Gasteiger partial charge in [0.15, 0.2) is 5.96 Å². The van der Waals surface area contributed by atoms with Gasteiger partial charge in [-0.1, -0.05) is 12.1 Å². The molecule has 1 saturated carbocycles. The maximum atomic E-state index is 12.0. The first-order chi connectivity index (χ1) is 15.2. The molecule has 1 aliphatic carbocycles. The highest BCUT2D eigenvalue weighted by molar-refractivity contribution is 5.94. The van der Waals surface area contributed by atoms with Crippen LogP contribution in [-0.4, -0.2) is 55.8 Å². The van der Waals surface area contributed by atoms with Gasteiger partial charge in [-0.2, -0.15) is 0 Å². The summed E-state index contributed by atoms with van der Waals surface area (Å²) in [6.45, 7) is 9.07. The second kappa shape index (κ2) is 12.3. The highest BCUT2D eigenvalue weighted by Gasteiger charge is 2.25. The number of nitrogens with zero attached hydrogens (tertiary/aromatic N) is 1. The Hall–Kier alpha value is -2.77. The molecule has 32 heavy (non-hydrogen) atoms. The first kappa shape index (κ1) is 25.5. The molecule has 0 heterocycles. The summed E-state index contributed by atoms with van der Waals surface area (Å²) >= 11 is 0. The van der Waals surface area contributed by atoms with Crippen LogP contribution < -0.4 is 21.3 Å². The number of rotatable bonds is 7. The fourth-order valence-electron chi connectivity index (χ4n) is 3.68. The molecule has 1 aromatic rings. The molecule has 0 atom stereocenters. The zero-order valence-electron chi connectivity index (χ0n) is 20.1. The molecular formula is C24H39N5O3. The van der Waals surface area contributed by atoms with Crippen LogP contribution in [0.2, 0.25) is 0 Å². The first-order valence-corrected chi connectivity index (χ1v) is 11.6. The summed E-state index contributed by atoms with van der Waals surface area (Å²) in [4.78, 5) is 28.5. The van der Waals surface area contributed by atoms with E-state index in [9.17, 15) is 9.59 Å². The summed E-state index contributed by atoms with van der Waals surface area (Å²) in [5, 5.41) is 12.5. The monoisotopic (exact) mass is 445 g/mol. The van der Waals surface area contributed by atoms with Gasteiger partial charge in [0.25, 0.3) is 5.91 Å². The average molecular weight is 446 g/mol. The number of guanidine groups is 1. The minimum Gasteiger partial charge on any atom is -0.444 e. The third-order valence-electron chi connectivity index (χ3n) is 5.22. The molecule has 1 aromatic carbocycles. The van der Waals surface area contributed by atoms with Gasteiger partial charge >= 0.3 is 6.09 Å². The predicted molar refractivity (Wildman–Crippen MR) is 128 cm³/mol. The number of carbonyl (C=O) groups is 2. The van der Waals surface area contributed by atoms with E-state index in [-0.39, 0.29) is 18.0 Å². The van der Waals surface area contributed by atoms with Crippen molar-refractivity contribution in [1.29, 1.82) is 0 Å². The maximum absolute atomic E-state index is 12.0. The minimum atomic E-state index is -0.482. The molecule has 0 radical (unpaired) electrons. The van der Waals surface area contributed by atoms with Gasteiger partial charge in [0, 0.05) is 37.8 Å². The largest absolute Gasteiger partial charge is 0.444 e. The van der Waals surface area contributed by atoms with Gasteiger partial charge in [0.2, 0.25) is 0 Å². The normalized spacial score (nSPS) is 19.1. The molecule has 0 aromatic heterocycles. The Morgan fingerprint density at radius 3 is 2.34 bits per heavy atom. The maximum Gasteiger partial charge on any atom is 0.407 e. The van der Waals surface area contributed by atoms with E-state index in [4.69, 9.17) is 9.73 Å². The molecule has 0 aliphatic heterocycles. The van der Waals surface area contributed by atoms with Crippen molar-refractivity contribution in [3.05, 3.63) is 35.4 Å². The highest BCUT2D eigenvalue weighted by atomic mass is 16.6. The Morgan fingerprint density at radius 2 is 1.75 bits per heavy atom. The van der Waals surface area contributed by atoms with Crippen LogP contribution in [0.4, 0.5) is 4.79 Å². The molecular weight excluding hydrogens is 406 g/mol. The lowest BCUT2D eigenvalue weighted by molar-refractivity contribution is 0.0490. The number of amides is 2. The van der Waals surface area contributed by atoms with Gasteiger partial charge < -0.3 is 26.0 Å². The van der Waals surface area contributed by atoms with E-state index in [1.54, 1.807) is 7.05 Å². The van der Waals surface area contributed by atoms with Crippen LogP contribution in [0.25, 0.3) is 0 Å². The lowest BCUT2D eigenvalue weighted by atomic mass is 9.91. The van der Waals surface area contributed by atoms with Crippen molar-refractivity contribution in [2.45, 2.75) is 77.5 Å². The standard InChI is InChI=1S/C24H39N5O3/c1-6-26-22(27-15-14-17-8-7-9-18(16-17)21(30)25-5)28-19-10-12-20(13-11-19)29-23(31)32-24(2,3)4/h7-9,16,19-20H,6,10-15H2,1-5H3,(H,25,30)(H,29,31)(H2,26,27,28). The zero-order valence-corrected chi connectivity index (χ0v) is 20.1. The number of hydrogen-bond donors (Lipinski definition) is 4. The minimum absolute atomic E-state index is 0.0814. The lowest BCUT2D eigenvalue weighted by Gasteiger charge is -2.31. The second-order valence-electron chi connectivity index (χ2n) is 9.13. The molecule has 178 valence electrons. The van der Waals surface area contributed by atoms with Gasteiger partial charge in [-0.15, -0.1) is 0 Å². The molecule has 1 aliphatic rings. The molecule has 8 nitrogen and oxygen atoms in total. The molecule has 0 unspecified atom stereocenters. The molecule has 4 N–H and O–H groups in total. The van der Waals surface area contributed by atoms with E-state index in [1.165, 1.54) is 0 Å². The zero-order chi connectivity index (χ0) is 23.6. The Bertz CT molecular complexity index is 780. The Labute approximate surface area is 192 Å². The Balaban J connectivity index is 1.81. The summed E-state index contributed by atoms with van der Waals surface area (Å²) < 4.78 is 5.35. The van der Waals surface area contributed by atoms with E-state index in [2.05, 4.69) is 21.3 Å². The van der Waals surface area contributed by atoms with Crippen molar-refractivity contribution in [3.63, 3.8) is 0 Å². The van der Waals surface area contributed by atoms with Gasteiger partial charge in [-0.3, -0.25) is 9.79 Å². The fourth-order valence-corrected chi connectivity index (χ4v) is 3.68. The summed E-state index contributed by atoms with van der Waals surface area (Å²) in [5.41, 5.74) is 1.26. The Kier molecular flexibility index (Phi) is 9.81. The van der Waals surface area contributed by atoms with Crippen molar-refractivity contribution >= 4 is 18.0 Å². The molecule has 0 spiro atoms. The van der Waals surface area contributed by atoms with Crippen molar-refractivity contribution in [2.24, 2.45) is 4.99 Å². The van der Waals surface area contributed by atoms with Crippen LogP contribution in [0.5, 0.6) is 0 Å². The Morgan fingerprint density at radius 1 is 1.09 bits per heavy atom. The van der Waals surface area contributed by atoms with Gasteiger partial charge in [0.05, 0.1) is 0 Å². The number of benzene rings is 1. The van der Waals surface area contributed by atoms with Gasteiger partial charge in [-0.25, -0.2) is 4.79 Å². The summed E-state index contributed by atoms with van der Waals surface area (Å²) in [6, 6.07) is 8.10. The van der Waals surface area contributed by atoms with Crippen LogP contribution >= 0.6 is 0 Å². The molecule has 0 bridgehead atoms. The van der Waals surface area contributed by atoms with Crippen LogP contribution in [0.3, 0.4) is 0 Å². The SMILES string of the molecule is CCNC(=NCCc1cccc(C(=O)NC)c1)NC1CCC(NC(=O)OC(C)(C)C)CC1. The lowest BCUT2D eigenvalue weighted by Crippen LogP contribution is -2.48. The number of hydrogen-bond acceptors (Lipinski definition) is 4. The number of nitrogens with one attached hydrogen (secondary N) is 4. The van der Waals surface area contributed by atoms with E-state index in [0.29, 0.717) is 18.2 Å². The van der Waals surface area contributed by atoms with Crippen LogP contribution in [0, 0.1) is 0 Å². The van der Waals surface area contributed by atoms with E-state index in [1.807, 2.05) is 52.0 Å². The summed E-state index contributed by atoms with van der Waals surface area (Å²) in [6.07, 6.45) is 4.14. The number of ether oxygens (including phenoxy) is 1. The number of carbonyl (C=O) groups excluding carboxylic acids is 2. The van der Waals surface area contributed by atoms with Crippen molar-refractivity contribution in [1.82, 2.24) is 21.3 Å². The van der Waals surface area contributed by atoms with E-state index in [0.717, 1.165) is 50.2 Å². The van der Waals surface area contributed by atoms with Crippen molar-refractivity contribution < 1.29 is 14.3 Å². The third-order valence-corrected chi connectivity index (χ3v) is 5.22. The molecule has 0 saturated heterocycles. The third kappa shape index (κ3) is 9.16. The van der Waals surface area contributed by atoms with Gasteiger partial charge in [0.1, 0.15) is 5.60 Å². The van der Waals surface area contributed by atoms with E-state index < -0.39 is 5.60 Å². The summed E-state index contributed by atoms with van der Waals surface area (Å²) in [7, 11) is 1.63. The van der Waals surface area contributed by atoms with E-state index >= 15 is 0 Å². The molecule has 2 rings (SSSR count). The van der Waals surface area contributed by atoms with Crippen molar-refractivity contribution in [3.8, 4) is 0 Å². The molecule has 2 amide bonds. The number of alkyl carbamates (subject to hydrolysis) is 1. The highest BCUT2D eigenvalue weighted by Crippen LogP contribution is 2.19. The van der Waals surface area contributed by atoms with Gasteiger partial charge in [-0.05, 0) is 77.5 Å². The van der Waals surface area contributed by atoms with Crippen molar-refractivity contribution in [2.75, 3.05) is 20.1 Å². The van der Waals surface area contributed by atoms with Crippen LogP contribution in [-0.2, 0) is 11.2 Å². The predicted octanol–water partition coefficient (Wildman–Crippen LogP) is 2.98. The smallest absolute Gasteiger partial charge is 0.407 e. The average Bonchev–Trinajstić information content (AvgIpc) is 2.73. The van der Waals surface area contributed by atoms with Crippen LogP contribution in [0.15, 0.2) is 29.3 Å². The molecule has 8 heteroatoms. The quantitative estimate of drug-likeness (QED) is 0.382. The molecule has 1 fully saturated rings. The topological polar surface area (TPSA) is 104 Å². The summed E-state index contributed by atoms with van der Waals surface area (Å²) in [5.74, 6) is 0.723. The first-order valence-electron chi connectivity index (χ1n) is 11.6. The number of aliphatic imine (C=N–C) groups is 1.